The van der Waals surface area contributed by atoms with Gasteiger partial charge in [0.15, 0.2) is 23.0 Å². The molecule has 218 valence electrons. The molecule has 0 spiro atoms. The van der Waals surface area contributed by atoms with E-state index in [2.05, 4.69) is 4.98 Å². The molecular weight excluding hydrogens is 546 g/mol. The van der Waals surface area contributed by atoms with E-state index < -0.39 is 34.5 Å². The third kappa shape index (κ3) is 4.46. The minimum absolute atomic E-state index is 0.00748. The average Bonchev–Trinajstić information content (AvgIpc) is 3.36. The van der Waals surface area contributed by atoms with Gasteiger partial charge in [-0.05, 0) is 42.9 Å². The number of hydrogen-bond acceptors (Lipinski definition) is 7. The second-order valence-electron chi connectivity index (χ2n) is 10.6. The fourth-order valence-corrected chi connectivity index (χ4v) is 5.97. The second kappa shape index (κ2) is 10.9. The molecule has 2 aromatic carbocycles. The molecule has 0 radical (unpaired) electrons. The Morgan fingerprint density at radius 3 is 2.64 bits per heavy atom. The van der Waals surface area contributed by atoms with Gasteiger partial charge >= 0.3 is 5.97 Å². The van der Waals surface area contributed by atoms with Crippen molar-refractivity contribution in [1.82, 2.24) is 9.55 Å². The van der Waals surface area contributed by atoms with Gasteiger partial charge in [0.1, 0.15) is 6.61 Å². The van der Waals surface area contributed by atoms with E-state index in [9.17, 15) is 19.1 Å². The van der Waals surface area contributed by atoms with Gasteiger partial charge in [0.05, 0.1) is 42.7 Å². The summed E-state index contributed by atoms with van der Waals surface area (Å²) in [7, 11) is 1.20. The van der Waals surface area contributed by atoms with Gasteiger partial charge in [0, 0.05) is 29.2 Å². The lowest BCUT2D eigenvalue weighted by molar-refractivity contribution is -0.172. The molecule has 10 heteroatoms. The van der Waals surface area contributed by atoms with E-state index in [1.165, 1.54) is 11.7 Å². The molecule has 8 nitrogen and oxygen atoms in total. The van der Waals surface area contributed by atoms with Crippen LogP contribution in [0.25, 0.3) is 22.3 Å². The number of benzene rings is 2. The van der Waals surface area contributed by atoms with Gasteiger partial charge in [-0.25, -0.2) is 18.6 Å². The van der Waals surface area contributed by atoms with Crippen molar-refractivity contribution in [2.75, 3.05) is 13.7 Å². The number of halogens is 2. The summed E-state index contributed by atoms with van der Waals surface area (Å²) in [6.45, 7) is 2.46. The van der Waals surface area contributed by atoms with Gasteiger partial charge in [-0.15, -0.1) is 0 Å². The predicted molar refractivity (Wildman–Crippen MR) is 150 cm³/mol. The van der Waals surface area contributed by atoms with Crippen LogP contribution in [0.2, 0.25) is 0 Å². The molecule has 6 rings (SSSR count). The van der Waals surface area contributed by atoms with E-state index in [1.807, 2.05) is 30.3 Å². The number of cyclic esters (lactones) is 1. The van der Waals surface area contributed by atoms with Crippen LogP contribution in [0, 0.1) is 11.6 Å². The number of ether oxygens (including phenoxy) is 3. The number of aryl methyl sites for hydroxylation is 1. The maximum absolute atomic E-state index is 15.7. The highest BCUT2D eigenvalue weighted by Crippen LogP contribution is 2.42. The molecule has 0 saturated heterocycles. The van der Waals surface area contributed by atoms with Crippen LogP contribution in [-0.4, -0.2) is 34.3 Å². The Morgan fingerprint density at radius 2 is 1.90 bits per heavy atom. The van der Waals surface area contributed by atoms with E-state index >= 15 is 4.39 Å². The number of pyridine rings is 2. The van der Waals surface area contributed by atoms with Crippen LogP contribution in [0.5, 0.6) is 5.75 Å². The molecule has 4 heterocycles. The lowest BCUT2D eigenvalue weighted by Crippen LogP contribution is -2.44. The summed E-state index contributed by atoms with van der Waals surface area (Å²) in [5, 5.41) is 11.3. The summed E-state index contributed by atoms with van der Waals surface area (Å²) >= 11 is 0. The molecule has 2 aliphatic rings. The molecular formula is C32H30F2N2O6. The number of carbonyl (C=O) groups is 1. The van der Waals surface area contributed by atoms with E-state index in [0.29, 0.717) is 55.0 Å². The summed E-state index contributed by atoms with van der Waals surface area (Å²) in [6.07, 6.45) is 1.76. The van der Waals surface area contributed by atoms with Crippen LogP contribution in [0.4, 0.5) is 8.78 Å². The second-order valence-corrected chi connectivity index (χ2v) is 10.6. The Bertz CT molecular complexity index is 1770. The number of fused-ring (bicyclic) bond motifs is 5. The first-order valence-corrected chi connectivity index (χ1v) is 13.9. The summed E-state index contributed by atoms with van der Waals surface area (Å²) in [4.78, 5) is 30.7. The molecule has 0 saturated carbocycles. The number of esters is 1. The first-order valence-electron chi connectivity index (χ1n) is 13.9. The van der Waals surface area contributed by atoms with E-state index in [-0.39, 0.29) is 41.6 Å². The van der Waals surface area contributed by atoms with E-state index in [4.69, 9.17) is 14.2 Å². The fourth-order valence-electron chi connectivity index (χ4n) is 5.97. The molecule has 1 atom stereocenters. The molecule has 0 amide bonds. The highest BCUT2D eigenvalue weighted by Gasteiger charge is 2.45. The fraction of sp³-hybridized carbons (Fsp3) is 0.344. The quantitative estimate of drug-likeness (QED) is 0.197. The lowest BCUT2D eigenvalue weighted by atomic mass is 9.86. The predicted octanol–water partition coefficient (Wildman–Crippen LogP) is 4.91. The van der Waals surface area contributed by atoms with Crippen LogP contribution < -0.4 is 10.3 Å². The van der Waals surface area contributed by atoms with Crippen LogP contribution in [-0.2, 0) is 46.0 Å². The van der Waals surface area contributed by atoms with Crippen LogP contribution >= 0.6 is 0 Å². The van der Waals surface area contributed by atoms with Crippen molar-refractivity contribution in [1.29, 1.82) is 0 Å². The third-order valence-electron chi connectivity index (χ3n) is 8.22. The third-order valence-corrected chi connectivity index (χ3v) is 8.22. The van der Waals surface area contributed by atoms with Crippen LogP contribution in [0.1, 0.15) is 54.0 Å². The topological polar surface area (TPSA) is 99.9 Å². The van der Waals surface area contributed by atoms with Crippen molar-refractivity contribution in [3.8, 4) is 17.1 Å². The van der Waals surface area contributed by atoms with Gasteiger partial charge in [0.2, 0.25) is 0 Å². The zero-order valence-corrected chi connectivity index (χ0v) is 23.3. The van der Waals surface area contributed by atoms with Crippen molar-refractivity contribution in [3.63, 3.8) is 0 Å². The summed E-state index contributed by atoms with van der Waals surface area (Å²) in [6, 6.07) is 12.5. The summed E-state index contributed by atoms with van der Waals surface area (Å²) in [5.41, 5.74) is 1.13. The number of aliphatic hydroxyl groups is 1. The summed E-state index contributed by atoms with van der Waals surface area (Å²) < 4.78 is 48.0. The van der Waals surface area contributed by atoms with Gasteiger partial charge in [-0.2, -0.15) is 0 Å². The molecule has 2 aromatic heterocycles. The Labute approximate surface area is 240 Å². The van der Waals surface area contributed by atoms with E-state index in [1.54, 1.807) is 13.0 Å². The Morgan fingerprint density at radius 1 is 1.12 bits per heavy atom. The number of carbonyl (C=O) groups excluding carboxylic acids is 1. The van der Waals surface area contributed by atoms with Crippen molar-refractivity contribution in [2.24, 2.45) is 0 Å². The molecule has 2 aliphatic heterocycles. The molecule has 4 aromatic rings. The smallest absolute Gasteiger partial charge is 0.343 e. The lowest BCUT2D eigenvalue weighted by Gasteiger charge is -2.31. The minimum atomic E-state index is -1.98. The number of aromatic nitrogens is 2. The summed E-state index contributed by atoms with van der Waals surface area (Å²) in [5.74, 6) is -3.05. The van der Waals surface area contributed by atoms with Crippen molar-refractivity contribution in [3.05, 3.63) is 92.3 Å². The molecule has 0 aliphatic carbocycles. The normalized spacial score (nSPS) is 17.1. The van der Waals surface area contributed by atoms with Crippen LogP contribution in [0.3, 0.4) is 0 Å². The molecule has 42 heavy (non-hydrogen) atoms. The van der Waals surface area contributed by atoms with Crippen molar-refractivity contribution in [2.45, 2.75) is 58.0 Å². The first kappa shape index (κ1) is 28.0. The zero-order valence-electron chi connectivity index (χ0n) is 23.3. The van der Waals surface area contributed by atoms with Crippen LogP contribution in [0.15, 0.2) is 47.3 Å². The highest BCUT2D eigenvalue weighted by atomic mass is 19.1. The maximum atomic E-state index is 15.7. The molecule has 0 unspecified atom stereocenters. The van der Waals surface area contributed by atoms with Gasteiger partial charge < -0.3 is 23.9 Å². The zero-order chi connectivity index (χ0) is 29.6. The average molecular weight is 577 g/mol. The Kier molecular flexibility index (Phi) is 7.28. The van der Waals surface area contributed by atoms with Crippen molar-refractivity contribution >= 4 is 16.9 Å². The number of rotatable bonds is 9. The largest absolute Gasteiger partial charge is 0.491 e. The molecule has 0 fully saturated rings. The minimum Gasteiger partial charge on any atom is -0.491 e. The SMILES string of the molecule is CC[C@@]1(O)C(=O)OCc2c1cc1n(c2=O)Cc2c-1nc1cc(F)c(OC)c(F)c1c2CCCCOCc1ccccc1. The standard InChI is InChI=1S/C32H30F2N2O6/c1-3-32(39)22-13-25-28-20(15-36(25)30(37)21(22)17-42-31(32)38)19(11-7-8-12-41-16-18-9-5-4-6-10-18)26-24(35-28)14-23(33)29(40-2)27(26)34/h4-6,9-10,13-14,39H,3,7-8,11-12,15-17H2,1-2H3/t32-/m0/s1. The Balaban J connectivity index is 1.40. The number of unbranched alkanes of at least 4 members (excludes halogenated alkanes) is 1. The number of nitrogens with zero attached hydrogens (tertiary/aromatic N) is 2. The molecule has 0 bridgehead atoms. The number of hydrogen-bond donors (Lipinski definition) is 1. The maximum Gasteiger partial charge on any atom is 0.343 e. The molecule has 1 N–H and O–H groups in total. The monoisotopic (exact) mass is 576 g/mol. The Hall–Kier alpha value is -4.15. The highest BCUT2D eigenvalue weighted by molar-refractivity contribution is 5.90. The first-order chi connectivity index (χ1) is 20.3. The van der Waals surface area contributed by atoms with Gasteiger partial charge in [0.25, 0.3) is 5.56 Å². The van der Waals surface area contributed by atoms with E-state index in [0.717, 1.165) is 11.6 Å². The number of methoxy groups -OCH3 is 1. The van der Waals surface area contributed by atoms with Crippen molar-refractivity contribution < 1.29 is 32.9 Å². The van der Waals surface area contributed by atoms with Gasteiger partial charge in [-0.3, -0.25) is 4.79 Å². The van der Waals surface area contributed by atoms with Gasteiger partial charge in [-0.1, -0.05) is 37.3 Å².